The SMILES string of the molecule is Cc1cncn(CC2CCN(CC3CCCCC(=O)N3C)CC2)c1=O. The lowest BCUT2D eigenvalue weighted by molar-refractivity contribution is -0.131. The molecule has 1 unspecified atom stereocenters. The predicted octanol–water partition coefficient (Wildman–Crippen LogP) is 1.66. The zero-order valence-corrected chi connectivity index (χ0v) is 15.5. The fourth-order valence-electron chi connectivity index (χ4n) is 4.06. The van der Waals surface area contributed by atoms with Gasteiger partial charge >= 0.3 is 0 Å². The van der Waals surface area contributed by atoms with Crippen molar-refractivity contribution < 1.29 is 4.79 Å². The molecule has 1 aromatic rings. The van der Waals surface area contributed by atoms with E-state index in [0.717, 1.165) is 58.3 Å². The molecule has 0 bridgehead atoms. The number of likely N-dealkylation sites (tertiary alicyclic amines) is 2. The first-order valence-electron chi connectivity index (χ1n) is 9.53. The number of amides is 1. The second-order valence-electron chi connectivity index (χ2n) is 7.68. The average molecular weight is 346 g/mol. The van der Waals surface area contributed by atoms with E-state index in [9.17, 15) is 9.59 Å². The van der Waals surface area contributed by atoms with Gasteiger partial charge in [0, 0.05) is 44.4 Å². The number of piperidine rings is 1. The Hall–Kier alpha value is -1.69. The van der Waals surface area contributed by atoms with Crippen molar-refractivity contribution >= 4 is 5.91 Å². The van der Waals surface area contributed by atoms with Gasteiger partial charge in [-0.05, 0) is 51.6 Å². The lowest BCUT2D eigenvalue weighted by Gasteiger charge is -2.36. The van der Waals surface area contributed by atoms with E-state index in [1.54, 1.807) is 17.1 Å². The van der Waals surface area contributed by atoms with E-state index in [0.29, 0.717) is 29.9 Å². The molecule has 0 spiro atoms. The topological polar surface area (TPSA) is 58.4 Å². The number of likely N-dealkylation sites (N-methyl/N-ethyl adjacent to an activating group) is 1. The van der Waals surface area contributed by atoms with Crippen molar-refractivity contribution in [2.45, 2.75) is 58.0 Å². The van der Waals surface area contributed by atoms with Crippen molar-refractivity contribution in [3.8, 4) is 0 Å². The number of hydrogen-bond acceptors (Lipinski definition) is 4. The molecule has 2 aliphatic heterocycles. The van der Waals surface area contributed by atoms with Crippen LogP contribution in [0.1, 0.15) is 44.1 Å². The largest absolute Gasteiger partial charge is 0.341 e. The highest BCUT2D eigenvalue weighted by molar-refractivity contribution is 5.76. The molecule has 0 radical (unpaired) electrons. The molecular formula is C19H30N4O2. The number of carbonyl (C=O) groups excluding carboxylic acids is 1. The van der Waals surface area contributed by atoms with E-state index in [4.69, 9.17) is 0 Å². The molecule has 1 atom stereocenters. The molecule has 1 amide bonds. The maximum absolute atomic E-state index is 12.1. The van der Waals surface area contributed by atoms with E-state index in [1.165, 1.54) is 0 Å². The van der Waals surface area contributed by atoms with Gasteiger partial charge in [0.05, 0.1) is 6.33 Å². The van der Waals surface area contributed by atoms with Gasteiger partial charge in [-0.15, -0.1) is 0 Å². The molecule has 0 aromatic carbocycles. The molecule has 3 heterocycles. The van der Waals surface area contributed by atoms with Crippen LogP contribution in [0.2, 0.25) is 0 Å². The summed E-state index contributed by atoms with van der Waals surface area (Å²) in [6.45, 7) is 5.68. The molecule has 0 aliphatic carbocycles. The highest BCUT2D eigenvalue weighted by Gasteiger charge is 2.27. The molecule has 6 nitrogen and oxygen atoms in total. The Morgan fingerprint density at radius 1 is 1.12 bits per heavy atom. The fraction of sp³-hybridized carbons (Fsp3) is 0.737. The van der Waals surface area contributed by atoms with Gasteiger partial charge in [0.1, 0.15) is 0 Å². The van der Waals surface area contributed by atoms with Crippen LogP contribution in [-0.4, -0.2) is 58.0 Å². The quantitative estimate of drug-likeness (QED) is 0.832. The molecule has 2 fully saturated rings. The van der Waals surface area contributed by atoms with Crippen molar-refractivity contribution in [1.29, 1.82) is 0 Å². The summed E-state index contributed by atoms with van der Waals surface area (Å²) in [4.78, 5) is 32.8. The van der Waals surface area contributed by atoms with Gasteiger partial charge in [-0.3, -0.25) is 14.2 Å². The Kier molecular flexibility index (Phi) is 5.89. The summed E-state index contributed by atoms with van der Waals surface area (Å²) in [7, 11) is 1.96. The lowest BCUT2D eigenvalue weighted by atomic mass is 9.96. The first-order chi connectivity index (χ1) is 12.0. The zero-order valence-electron chi connectivity index (χ0n) is 15.5. The molecule has 2 saturated heterocycles. The first kappa shape index (κ1) is 18.1. The van der Waals surface area contributed by atoms with Gasteiger partial charge in [-0.1, -0.05) is 6.42 Å². The Bertz CT molecular complexity index is 649. The average Bonchev–Trinajstić information content (AvgIpc) is 2.76. The van der Waals surface area contributed by atoms with Gasteiger partial charge in [0.25, 0.3) is 5.56 Å². The van der Waals surface area contributed by atoms with Crippen LogP contribution in [0.15, 0.2) is 17.3 Å². The molecule has 2 aliphatic rings. The van der Waals surface area contributed by atoms with Crippen LogP contribution in [0, 0.1) is 12.8 Å². The minimum Gasteiger partial charge on any atom is -0.341 e. The van der Waals surface area contributed by atoms with Crippen molar-refractivity contribution in [3.63, 3.8) is 0 Å². The van der Waals surface area contributed by atoms with Crippen LogP contribution in [0.4, 0.5) is 0 Å². The number of aromatic nitrogens is 2. The van der Waals surface area contributed by atoms with Crippen LogP contribution < -0.4 is 5.56 Å². The van der Waals surface area contributed by atoms with Crippen LogP contribution in [0.3, 0.4) is 0 Å². The summed E-state index contributed by atoms with van der Waals surface area (Å²) < 4.78 is 1.76. The minimum atomic E-state index is 0.0797. The third-order valence-electron chi connectivity index (χ3n) is 5.82. The van der Waals surface area contributed by atoms with Gasteiger partial charge < -0.3 is 9.80 Å². The van der Waals surface area contributed by atoms with Gasteiger partial charge in [-0.2, -0.15) is 0 Å². The van der Waals surface area contributed by atoms with Gasteiger partial charge in [-0.25, -0.2) is 4.98 Å². The molecular weight excluding hydrogens is 316 g/mol. The maximum Gasteiger partial charge on any atom is 0.256 e. The summed E-state index contributed by atoms with van der Waals surface area (Å²) in [6.07, 6.45) is 9.50. The Morgan fingerprint density at radius 3 is 2.64 bits per heavy atom. The third-order valence-corrected chi connectivity index (χ3v) is 5.82. The molecule has 25 heavy (non-hydrogen) atoms. The predicted molar refractivity (Wildman–Crippen MR) is 97.4 cm³/mol. The van der Waals surface area contributed by atoms with Crippen LogP contribution in [-0.2, 0) is 11.3 Å². The van der Waals surface area contributed by atoms with E-state index in [1.807, 2.05) is 18.9 Å². The van der Waals surface area contributed by atoms with Crippen LogP contribution in [0.25, 0.3) is 0 Å². The summed E-state index contributed by atoms with van der Waals surface area (Å²) >= 11 is 0. The molecule has 1 aromatic heterocycles. The van der Waals surface area contributed by atoms with Crippen molar-refractivity contribution in [2.75, 3.05) is 26.7 Å². The number of aryl methyl sites for hydroxylation is 1. The summed E-state index contributed by atoms with van der Waals surface area (Å²) in [6, 6.07) is 0.357. The van der Waals surface area contributed by atoms with E-state index < -0.39 is 0 Å². The monoisotopic (exact) mass is 346 g/mol. The van der Waals surface area contributed by atoms with Gasteiger partial charge in [0.2, 0.25) is 5.91 Å². The highest BCUT2D eigenvalue weighted by atomic mass is 16.2. The molecule has 138 valence electrons. The van der Waals surface area contributed by atoms with E-state index in [-0.39, 0.29) is 5.56 Å². The number of nitrogens with zero attached hydrogens (tertiary/aromatic N) is 4. The minimum absolute atomic E-state index is 0.0797. The lowest BCUT2D eigenvalue weighted by Crippen LogP contribution is -2.46. The van der Waals surface area contributed by atoms with Crippen molar-refractivity contribution in [3.05, 3.63) is 28.4 Å². The zero-order chi connectivity index (χ0) is 17.8. The number of hydrogen-bond donors (Lipinski definition) is 0. The summed E-state index contributed by atoms with van der Waals surface area (Å²) in [5, 5.41) is 0. The Labute approximate surface area is 149 Å². The number of rotatable bonds is 4. The molecule has 6 heteroatoms. The Balaban J connectivity index is 1.51. The van der Waals surface area contributed by atoms with Crippen molar-refractivity contribution in [1.82, 2.24) is 19.4 Å². The highest BCUT2D eigenvalue weighted by Crippen LogP contribution is 2.22. The second-order valence-corrected chi connectivity index (χ2v) is 7.68. The summed E-state index contributed by atoms with van der Waals surface area (Å²) in [5.41, 5.74) is 0.789. The first-order valence-corrected chi connectivity index (χ1v) is 9.53. The van der Waals surface area contributed by atoms with Crippen LogP contribution >= 0.6 is 0 Å². The standard InChI is InChI=1S/C19H30N4O2/c1-15-11-20-14-23(19(15)25)12-16-7-9-22(10-8-16)13-17-5-3-4-6-18(24)21(17)2/h11,14,16-17H,3-10,12-13H2,1-2H3. The van der Waals surface area contributed by atoms with Crippen molar-refractivity contribution in [2.24, 2.45) is 5.92 Å². The smallest absolute Gasteiger partial charge is 0.256 e. The molecule has 0 N–H and O–H groups in total. The fourth-order valence-corrected chi connectivity index (χ4v) is 4.06. The number of carbonyl (C=O) groups is 1. The molecule has 3 rings (SSSR count). The molecule has 0 saturated carbocycles. The second kappa shape index (κ2) is 8.13. The third kappa shape index (κ3) is 4.48. The normalized spacial score (nSPS) is 23.7. The summed E-state index contributed by atoms with van der Waals surface area (Å²) in [5.74, 6) is 0.828. The van der Waals surface area contributed by atoms with E-state index in [2.05, 4.69) is 9.88 Å². The van der Waals surface area contributed by atoms with E-state index >= 15 is 0 Å². The van der Waals surface area contributed by atoms with Crippen LogP contribution in [0.5, 0.6) is 0 Å². The maximum atomic E-state index is 12.1. The Morgan fingerprint density at radius 2 is 1.88 bits per heavy atom. The van der Waals surface area contributed by atoms with Gasteiger partial charge in [0.15, 0.2) is 0 Å².